The largest absolute Gasteiger partial charge is 0.331 e. The van der Waals surface area contributed by atoms with Gasteiger partial charge in [0.15, 0.2) is 10.9 Å². The van der Waals surface area contributed by atoms with Gasteiger partial charge in [0.1, 0.15) is 4.88 Å². The predicted molar refractivity (Wildman–Crippen MR) is 101 cm³/mol. The fraction of sp³-hybridized carbons (Fsp3) is 0.200. The maximum Gasteiger partial charge on any atom is 0.188 e. The standard InChI is InChI=1S/C20H20N2OS/c1-3-9-17(23)19-18(15-11-5-4-6-12-15)22-20(24-19)21-16-13-8-7-10-14(16)2/h4-8,10-13H,3,9H2,1-2H3,(H,21,22). The van der Waals surface area contributed by atoms with Crippen LogP contribution in [0.15, 0.2) is 54.6 Å². The van der Waals surface area contributed by atoms with Crippen LogP contribution in [0.5, 0.6) is 0 Å². The van der Waals surface area contributed by atoms with E-state index >= 15 is 0 Å². The summed E-state index contributed by atoms with van der Waals surface area (Å²) >= 11 is 1.43. The van der Waals surface area contributed by atoms with Gasteiger partial charge in [-0.05, 0) is 25.0 Å². The van der Waals surface area contributed by atoms with Crippen LogP contribution in [0.25, 0.3) is 11.3 Å². The number of aromatic nitrogens is 1. The smallest absolute Gasteiger partial charge is 0.188 e. The van der Waals surface area contributed by atoms with E-state index in [1.165, 1.54) is 11.3 Å². The van der Waals surface area contributed by atoms with E-state index in [0.717, 1.165) is 38.9 Å². The van der Waals surface area contributed by atoms with Gasteiger partial charge in [0.25, 0.3) is 0 Å². The third-order valence-electron chi connectivity index (χ3n) is 3.79. The Morgan fingerprint density at radius 1 is 1.08 bits per heavy atom. The summed E-state index contributed by atoms with van der Waals surface area (Å²) < 4.78 is 0. The van der Waals surface area contributed by atoms with Crippen LogP contribution in [-0.2, 0) is 0 Å². The molecular weight excluding hydrogens is 316 g/mol. The van der Waals surface area contributed by atoms with E-state index < -0.39 is 0 Å². The fourth-order valence-corrected chi connectivity index (χ4v) is 3.49. The van der Waals surface area contributed by atoms with Crippen molar-refractivity contribution in [3.05, 3.63) is 65.0 Å². The van der Waals surface area contributed by atoms with Crippen molar-refractivity contribution < 1.29 is 4.79 Å². The normalized spacial score (nSPS) is 10.6. The van der Waals surface area contributed by atoms with Gasteiger partial charge in [-0.15, -0.1) is 0 Å². The first-order valence-corrected chi connectivity index (χ1v) is 8.92. The van der Waals surface area contributed by atoms with E-state index in [9.17, 15) is 4.79 Å². The highest BCUT2D eigenvalue weighted by Crippen LogP contribution is 2.34. The van der Waals surface area contributed by atoms with Crippen molar-refractivity contribution in [2.45, 2.75) is 26.7 Å². The minimum Gasteiger partial charge on any atom is -0.331 e. The average molecular weight is 336 g/mol. The minimum absolute atomic E-state index is 0.159. The number of carbonyl (C=O) groups excluding carboxylic acids is 1. The molecule has 4 heteroatoms. The first-order chi connectivity index (χ1) is 11.7. The molecule has 3 rings (SSSR count). The lowest BCUT2D eigenvalue weighted by atomic mass is 10.1. The number of benzene rings is 2. The van der Waals surface area contributed by atoms with Gasteiger partial charge in [-0.3, -0.25) is 4.79 Å². The van der Waals surface area contributed by atoms with E-state index in [1.807, 2.05) is 55.5 Å². The van der Waals surface area contributed by atoms with Crippen molar-refractivity contribution in [1.82, 2.24) is 4.98 Å². The summed E-state index contributed by atoms with van der Waals surface area (Å²) in [5.41, 5.74) is 3.91. The Balaban J connectivity index is 2.00. The van der Waals surface area contributed by atoms with Crippen LogP contribution < -0.4 is 5.32 Å². The van der Waals surface area contributed by atoms with Gasteiger partial charge < -0.3 is 5.32 Å². The van der Waals surface area contributed by atoms with Crippen molar-refractivity contribution in [2.24, 2.45) is 0 Å². The Kier molecular flexibility index (Phi) is 5.06. The molecule has 0 bridgehead atoms. The van der Waals surface area contributed by atoms with Crippen LogP contribution in [0, 0.1) is 6.92 Å². The third-order valence-corrected chi connectivity index (χ3v) is 4.80. The molecule has 3 aromatic rings. The molecule has 24 heavy (non-hydrogen) atoms. The molecule has 1 heterocycles. The number of nitrogens with zero attached hydrogens (tertiary/aromatic N) is 1. The highest BCUT2D eigenvalue weighted by molar-refractivity contribution is 7.18. The van der Waals surface area contributed by atoms with Crippen molar-refractivity contribution in [1.29, 1.82) is 0 Å². The zero-order chi connectivity index (χ0) is 16.9. The van der Waals surface area contributed by atoms with Crippen LogP contribution in [0.3, 0.4) is 0 Å². The second-order valence-corrected chi connectivity index (χ2v) is 6.67. The molecule has 0 saturated heterocycles. The molecule has 3 nitrogen and oxygen atoms in total. The van der Waals surface area contributed by atoms with Gasteiger partial charge in [0.2, 0.25) is 0 Å². The van der Waals surface area contributed by atoms with Gasteiger partial charge in [-0.25, -0.2) is 4.98 Å². The van der Waals surface area contributed by atoms with Gasteiger partial charge in [0.05, 0.1) is 5.69 Å². The number of hydrogen-bond donors (Lipinski definition) is 1. The molecule has 0 spiro atoms. The van der Waals surface area contributed by atoms with Gasteiger partial charge >= 0.3 is 0 Å². The predicted octanol–water partition coefficient (Wildman–Crippen LogP) is 5.84. The topological polar surface area (TPSA) is 42.0 Å². The molecule has 122 valence electrons. The minimum atomic E-state index is 0.159. The Bertz CT molecular complexity index is 840. The van der Waals surface area contributed by atoms with Gasteiger partial charge in [0, 0.05) is 17.7 Å². The SMILES string of the molecule is CCCC(=O)c1sc(Nc2ccccc2C)nc1-c1ccccc1. The number of aryl methyl sites for hydroxylation is 1. The molecule has 0 atom stereocenters. The van der Waals surface area contributed by atoms with Gasteiger partial charge in [-0.1, -0.05) is 66.8 Å². The molecule has 1 N–H and O–H groups in total. The van der Waals surface area contributed by atoms with Crippen molar-refractivity contribution in [2.75, 3.05) is 5.32 Å². The summed E-state index contributed by atoms with van der Waals surface area (Å²) in [5, 5.41) is 4.11. The van der Waals surface area contributed by atoms with E-state index in [0.29, 0.717) is 6.42 Å². The van der Waals surface area contributed by atoms with E-state index in [-0.39, 0.29) is 5.78 Å². The highest BCUT2D eigenvalue weighted by Gasteiger charge is 2.19. The van der Waals surface area contributed by atoms with Gasteiger partial charge in [-0.2, -0.15) is 0 Å². The molecule has 0 radical (unpaired) electrons. The molecule has 0 fully saturated rings. The number of carbonyl (C=O) groups is 1. The number of hydrogen-bond acceptors (Lipinski definition) is 4. The first-order valence-electron chi connectivity index (χ1n) is 8.11. The molecule has 0 amide bonds. The monoisotopic (exact) mass is 336 g/mol. The molecule has 0 saturated carbocycles. The Morgan fingerprint density at radius 2 is 1.79 bits per heavy atom. The summed E-state index contributed by atoms with van der Waals surface area (Å²) in [4.78, 5) is 18.0. The van der Waals surface area contributed by atoms with Crippen LogP contribution >= 0.6 is 11.3 Å². The summed E-state index contributed by atoms with van der Waals surface area (Å²) in [6, 6.07) is 18.0. The number of rotatable bonds is 6. The number of para-hydroxylation sites is 1. The Labute approximate surface area is 146 Å². The Morgan fingerprint density at radius 3 is 2.50 bits per heavy atom. The quantitative estimate of drug-likeness (QED) is 0.575. The zero-order valence-electron chi connectivity index (χ0n) is 13.9. The summed E-state index contributed by atoms with van der Waals surface area (Å²) in [5.74, 6) is 0.159. The molecule has 2 aromatic carbocycles. The zero-order valence-corrected chi connectivity index (χ0v) is 14.7. The summed E-state index contributed by atoms with van der Waals surface area (Å²) in [6.07, 6.45) is 1.39. The second kappa shape index (κ2) is 7.41. The Hall–Kier alpha value is -2.46. The van der Waals surface area contributed by atoms with E-state index in [2.05, 4.69) is 18.3 Å². The lowest BCUT2D eigenvalue weighted by Crippen LogP contribution is -1.97. The van der Waals surface area contributed by atoms with Crippen LogP contribution in [-0.4, -0.2) is 10.8 Å². The molecular formula is C20H20N2OS. The number of thiazole rings is 1. The van der Waals surface area contributed by atoms with Crippen molar-refractivity contribution in [3.8, 4) is 11.3 Å². The van der Waals surface area contributed by atoms with Crippen LogP contribution in [0.1, 0.15) is 35.0 Å². The molecule has 0 aliphatic carbocycles. The number of ketones is 1. The lowest BCUT2D eigenvalue weighted by molar-refractivity contribution is 0.0986. The number of nitrogens with one attached hydrogen (secondary N) is 1. The molecule has 0 aliphatic rings. The number of anilines is 2. The molecule has 1 aromatic heterocycles. The molecule has 0 unspecified atom stereocenters. The highest BCUT2D eigenvalue weighted by atomic mass is 32.1. The molecule has 0 aliphatic heterocycles. The third kappa shape index (κ3) is 3.54. The second-order valence-electron chi connectivity index (χ2n) is 5.68. The maximum atomic E-state index is 12.5. The van der Waals surface area contributed by atoms with Crippen LogP contribution in [0.2, 0.25) is 0 Å². The van der Waals surface area contributed by atoms with E-state index in [1.54, 1.807) is 0 Å². The lowest BCUT2D eigenvalue weighted by Gasteiger charge is -2.05. The van der Waals surface area contributed by atoms with Crippen molar-refractivity contribution >= 4 is 27.9 Å². The number of Topliss-reactive ketones (excluding diaryl/α,β-unsaturated/α-hetero) is 1. The van der Waals surface area contributed by atoms with Crippen LogP contribution in [0.4, 0.5) is 10.8 Å². The fourth-order valence-electron chi connectivity index (χ4n) is 2.52. The first kappa shape index (κ1) is 16.4. The van der Waals surface area contributed by atoms with Crippen molar-refractivity contribution in [3.63, 3.8) is 0 Å². The summed E-state index contributed by atoms with van der Waals surface area (Å²) in [7, 11) is 0. The average Bonchev–Trinajstić information content (AvgIpc) is 3.02. The maximum absolute atomic E-state index is 12.5. The van der Waals surface area contributed by atoms with E-state index in [4.69, 9.17) is 4.98 Å². The summed E-state index contributed by atoms with van der Waals surface area (Å²) in [6.45, 7) is 4.07.